The van der Waals surface area contributed by atoms with Crippen LogP contribution in [0, 0.1) is 11.3 Å². The number of aromatic carboxylic acids is 1. The Morgan fingerprint density at radius 2 is 2.00 bits per heavy atom. The highest BCUT2D eigenvalue weighted by atomic mass is 35.5. The molecule has 1 atom stereocenters. The second kappa shape index (κ2) is 9.67. The highest BCUT2D eigenvalue weighted by Crippen LogP contribution is 2.60. The van der Waals surface area contributed by atoms with Crippen LogP contribution in [0.5, 0.6) is 5.88 Å². The van der Waals surface area contributed by atoms with Gasteiger partial charge in [-0.3, -0.25) is 0 Å². The van der Waals surface area contributed by atoms with Gasteiger partial charge in [0.2, 0.25) is 11.8 Å². The van der Waals surface area contributed by atoms with Gasteiger partial charge in [0.15, 0.2) is 0 Å². The maximum Gasteiger partial charge on any atom is 0.335 e. The van der Waals surface area contributed by atoms with E-state index in [0.717, 1.165) is 12.5 Å². The van der Waals surface area contributed by atoms with E-state index in [1.54, 1.807) is 0 Å². The van der Waals surface area contributed by atoms with Crippen LogP contribution in [0.4, 0.5) is 5.95 Å². The van der Waals surface area contributed by atoms with Crippen molar-refractivity contribution >= 4 is 33.5 Å². The maximum atomic E-state index is 12.7. The number of aromatic nitrogens is 2. The summed E-state index contributed by atoms with van der Waals surface area (Å²) < 4.78 is 33.6. The van der Waals surface area contributed by atoms with E-state index in [2.05, 4.69) is 33.9 Å². The summed E-state index contributed by atoms with van der Waals surface area (Å²) in [5.41, 5.74) is 0.457. The number of carboxylic acid groups (broad SMARTS) is 1. The van der Waals surface area contributed by atoms with Crippen molar-refractivity contribution in [2.45, 2.75) is 62.9 Å². The number of nitrogens with one attached hydrogen (secondary N) is 2. The van der Waals surface area contributed by atoms with Gasteiger partial charge in [-0.1, -0.05) is 31.5 Å². The van der Waals surface area contributed by atoms with Gasteiger partial charge in [0.1, 0.15) is 11.8 Å². The average Bonchev–Trinajstić information content (AvgIpc) is 3.52. The Balaban J connectivity index is 1.42. The molecule has 1 spiro atoms. The molecule has 2 saturated carbocycles. The van der Waals surface area contributed by atoms with E-state index < -0.39 is 16.0 Å². The molecule has 2 fully saturated rings. The largest absolute Gasteiger partial charge is 0.478 e. The monoisotopic (exact) mass is 508 g/mol. The number of ether oxygens (including phenoxy) is 1. The molecule has 0 radical (unpaired) electrons. The maximum absolute atomic E-state index is 12.7. The molecule has 34 heavy (non-hydrogen) atoms. The van der Waals surface area contributed by atoms with Gasteiger partial charge in [-0.25, -0.2) is 22.9 Å². The molecule has 0 amide bonds. The smallest absolute Gasteiger partial charge is 0.335 e. The number of sulfonamides is 1. The summed E-state index contributed by atoms with van der Waals surface area (Å²) in [5.74, 6) is -0.856. The van der Waals surface area contributed by atoms with Gasteiger partial charge in [-0.05, 0) is 61.6 Å². The van der Waals surface area contributed by atoms with Crippen molar-refractivity contribution in [3.05, 3.63) is 41.0 Å². The Hall–Kier alpha value is -2.43. The molecule has 3 N–H and O–H groups in total. The highest BCUT2D eigenvalue weighted by molar-refractivity contribution is 7.92. The van der Waals surface area contributed by atoms with Crippen LogP contribution in [0.1, 0.15) is 56.3 Å². The van der Waals surface area contributed by atoms with Crippen molar-refractivity contribution in [1.82, 2.24) is 15.3 Å². The molecular formula is C23H29ClN4O5S. The van der Waals surface area contributed by atoms with Crippen LogP contribution in [-0.4, -0.2) is 48.2 Å². The number of anilines is 1. The number of halogens is 1. The minimum Gasteiger partial charge on any atom is -0.478 e. The minimum absolute atomic E-state index is 0.0185. The molecule has 11 heteroatoms. The van der Waals surface area contributed by atoms with Gasteiger partial charge in [0.25, 0.3) is 10.0 Å². The van der Waals surface area contributed by atoms with E-state index in [-0.39, 0.29) is 33.5 Å². The number of hydrogen-bond donors (Lipinski definition) is 3. The van der Waals surface area contributed by atoms with Crippen LogP contribution in [0.25, 0.3) is 0 Å². The molecule has 1 heterocycles. The lowest BCUT2D eigenvalue weighted by Gasteiger charge is -2.39. The Morgan fingerprint density at radius 3 is 2.65 bits per heavy atom. The highest BCUT2D eigenvalue weighted by Gasteiger charge is 2.52. The number of benzene rings is 1. The van der Waals surface area contributed by atoms with Crippen molar-refractivity contribution in [3.8, 4) is 5.88 Å². The topological polar surface area (TPSA) is 131 Å². The van der Waals surface area contributed by atoms with E-state index in [4.69, 9.17) is 21.4 Å². The second-order valence-corrected chi connectivity index (χ2v) is 11.8. The first-order valence-electron chi connectivity index (χ1n) is 11.3. The second-order valence-electron chi connectivity index (χ2n) is 9.70. The number of hydrogen-bond acceptors (Lipinski definition) is 7. The summed E-state index contributed by atoms with van der Waals surface area (Å²) in [4.78, 5) is 19.0. The molecule has 2 aliphatic rings. The SMILES string of the molecule is CC(C)C[C@H](COc1cc(Cl)nc(NS(=O)(=O)c2cccc(C(=O)O)c2)n1)NC1CC2(CC2)C1. The van der Waals surface area contributed by atoms with E-state index in [1.165, 1.54) is 49.9 Å². The van der Waals surface area contributed by atoms with Gasteiger partial charge in [0.05, 0.1) is 10.5 Å². The summed E-state index contributed by atoms with van der Waals surface area (Å²) >= 11 is 6.09. The van der Waals surface area contributed by atoms with Gasteiger partial charge >= 0.3 is 5.97 Å². The zero-order valence-electron chi connectivity index (χ0n) is 19.1. The van der Waals surface area contributed by atoms with Crippen LogP contribution in [0.2, 0.25) is 5.15 Å². The molecule has 1 aromatic heterocycles. The van der Waals surface area contributed by atoms with Gasteiger partial charge in [-0.15, -0.1) is 0 Å². The average molecular weight is 509 g/mol. The first-order valence-corrected chi connectivity index (χ1v) is 13.2. The third-order valence-corrected chi connectivity index (χ3v) is 7.78. The summed E-state index contributed by atoms with van der Waals surface area (Å²) in [6, 6.07) is 7.06. The lowest BCUT2D eigenvalue weighted by Crippen LogP contribution is -2.49. The third-order valence-electron chi connectivity index (χ3n) is 6.26. The van der Waals surface area contributed by atoms with E-state index in [0.29, 0.717) is 24.0 Å². The Bertz CT molecular complexity index is 1160. The summed E-state index contributed by atoms with van der Waals surface area (Å²) in [7, 11) is -4.13. The van der Waals surface area contributed by atoms with E-state index in [9.17, 15) is 13.2 Å². The molecule has 9 nitrogen and oxygen atoms in total. The fraction of sp³-hybridized carbons (Fsp3) is 0.522. The first kappa shape index (κ1) is 24.7. The van der Waals surface area contributed by atoms with Gasteiger partial charge in [0, 0.05) is 18.2 Å². The predicted molar refractivity (Wildman–Crippen MR) is 128 cm³/mol. The molecule has 184 valence electrons. The lowest BCUT2D eigenvalue weighted by atomic mass is 9.76. The van der Waals surface area contributed by atoms with E-state index in [1.807, 2.05) is 0 Å². The Morgan fingerprint density at radius 1 is 1.26 bits per heavy atom. The molecule has 2 aromatic rings. The number of carbonyl (C=O) groups is 1. The van der Waals surface area contributed by atoms with Crippen molar-refractivity contribution in [2.75, 3.05) is 11.3 Å². The summed E-state index contributed by atoms with van der Waals surface area (Å²) in [5, 5.41) is 12.8. The Kier molecular flexibility index (Phi) is 7.02. The van der Waals surface area contributed by atoms with E-state index >= 15 is 0 Å². The fourth-order valence-corrected chi connectivity index (χ4v) is 5.62. The molecule has 0 aliphatic heterocycles. The van der Waals surface area contributed by atoms with Crippen LogP contribution in [0.15, 0.2) is 35.2 Å². The van der Waals surface area contributed by atoms with Crippen LogP contribution < -0.4 is 14.8 Å². The van der Waals surface area contributed by atoms with Crippen LogP contribution >= 0.6 is 11.6 Å². The molecular weight excluding hydrogens is 480 g/mol. The quantitative estimate of drug-likeness (QED) is 0.389. The van der Waals surface area contributed by atoms with Crippen LogP contribution in [0.3, 0.4) is 0 Å². The number of rotatable bonds is 11. The van der Waals surface area contributed by atoms with Crippen molar-refractivity contribution in [2.24, 2.45) is 11.3 Å². The molecule has 4 rings (SSSR count). The Labute approximate surface area is 204 Å². The van der Waals surface area contributed by atoms with Gasteiger partial charge < -0.3 is 15.2 Å². The third kappa shape index (κ3) is 6.17. The number of carboxylic acids is 1. The minimum atomic E-state index is -4.13. The first-order chi connectivity index (χ1) is 16.0. The normalized spacial score (nSPS) is 17.9. The molecule has 1 aromatic carbocycles. The zero-order valence-corrected chi connectivity index (χ0v) is 20.7. The van der Waals surface area contributed by atoms with Crippen molar-refractivity contribution in [3.63, 3.8) is 0 Å². The van der Waals surface area contributed by atoms with Crippen molar-refractivity contribution in [1.29, 1.82) is 0 Å². The molecule has 0 unspecified atom stereocenters. The standard InChI is InChI=1S/C23H29ClN4O5S/c1-14(2)8-16(25-17-11-23(12-17)6-7-23)13-33-20-10-19(24)26-22(27-20)28-34(31,32)18-5-3-4-15(9-18)21(29)30/h3-5,9-10,14,16-17,25H,6-8,11-13H2,1-2H3,(H,29,30)(H,26,27,28)/t16-/m1/s1. The summed E-state index contributed by atoms with van der Waals surface area (Å²) in [6.07, 6.45) is 6.05. The van der Waals surface area contributed by atoms with Crippen LogP contribution in [-0.2, 0) is 10.0 Å². The molecule has 0 bridgehead atoms. The summed E-state index contributed by atoms with van der Waals surface area (Å²) in [6.45, 7) is 4.68. The molecule has 0 saturated heterocycles. The van der Waals surface area contributed by atoms with Gasteiger partial charge in [-0.2, -0.15) is 4.98 Å². The molecule has 2 aliphatic carbocycles. The predicted octanol–water partition coefficient (Wildman–Crippen LogP) is 3.95. The van der Waals surface area contributed by atoms with Crippen molar-refractivity contribution < 1.29 is 23.1 Å². The number of nitrogens with zero attached hydrogens (tertiary/aromatic N) is 2. The zero-order chi connectivity index (χ0) is 24.5. The fourth-order valence-electron chi connectivity index (χ4n) is 4.45. The lowest BCUT2D eigenvalue weighted by molar-refractivity contribution is 0.0696.